The zero-order valence-electron chi connectivity index (χ0n) is 9.09. The molecule has 1 aromatic carbocycles. The number of hydrogen-bond donors (Lipinski definition) is 1. The van der Waals surface area contributed by atoms with Crippen molar-refractivity contribution in [2.75, 3.05) is 0 Å². The van der Waals surface area contributed by atoms with Crippen molar-refractivity contribution in [1.29, 1.82) is 0 Å². The largest absolute Gasteiger partial charge is 0.321 e. The van der Waals surface area contributed by atoms with Gasteiger partial charge in [0, 0.05) is 5.54 Å². The highest BCUT2D eigenvalue weighted by Crippen LogP contribution is 2.28. The SMILES string of the molecule is C=C(C)CC(N)(CC)c1ccccc1. The molecule has 0 bridgehead atoms. The third-order valence-electron chi connectivity index (χ3n) is 2.60. The van der Waals surface area contributed by atoms with E-state index in [-0.39, 0.29) is 5.54 Å². The predicted molar refractivity (Wildman–Crippen MR) is 62.0 cm³/mol. The Hall–Kier alpha value is -1.08. The van der Waals surface area contributed by atoms with E-state index in [1.807, 2.05) is 25.1 Å². The van der Waals surface area contributed by atoms with Gasteiger partial charge in [0.15, 0.2) is 0 Å². The van der Waals surface area contributed by atoms with Gasteiger partial charge in [-0.25, -0.2) is 0 Å². The molecule has 0 saturated heterocycles. The molecule has 0 radical (unpaired) electrons. The second-order valence-corrected chi connectivity index (χ2v) is 4.01. The molecule has 14 heavy (non-hydrogen) atoms. The first-order chi connectivity index (χ1) is 6.58. The molecule has 1 aromatic rings. The molecule has 1 heteroatoms. The van der Waals surface area contributed by atoms with E-state index in [2.05, 4.69) is 25.6 Å². The fourth-order valence-corrected chi connectivity index (χ4v) is 1.74. The standard InChI is InChI=1S/C13H19N/c1-4-13(14,10-11(2)3)12-8-6-5-7-9-12/h5-9H,2,4,10,14H2,1,3H3. The van der Waals surface area contributed by atoms with Crippen LogP contribution in [-0.4, -0.2) is 0 Å². The number of benzene rings is 1. The van der Waals surface area contributed by atoms with Crippen LogP contribution in [0.2, 0.25) is 0 Å². The van der Waals surface area contributed by atoms with E-state index in [1.165, 1.54) is 5.56 Å². The maximum Gasteiger partial charge on any atom is 0.0444 e. The molecule has 76 valence electrons. The predicted octanol–water partition coefficient (Wildman–Crippen LogP) is 3.22. The van der Waals surface area contributed by atoms with Crippen LogP contribution in [0.3, 0.4) is 0 Å². The van der Waals surface area contributed by atoms with Crippen LogP contribution in [0.1, 0.15) is 32.3 Å². The maximum absolute atomic E-state index is 6.36. The van der Waals surface area contributed by atoms with Gasteiger partial charge in [0.1, 0.15) is 0 Å². The van der Waals surface area contributed by atoms with E-state index in [0.29, 0.717) is 0 Å². The van der Waals surface area contributed by atoms with Crippen molar-refractivity contribution in [1.82, 2.24) is 0 Å². The molecule has 1 unspecified atom stereocenters. The fourth-order valence-electron chi connectivity index (χ4n) is 1.74. The highest BCUT2D eigenvalue weighted by Gasteiger charge is 2.24. The van der Waals surface area contributed by atoms with Crippen LogP contribution in [0.15, 0.2) is 42.5 Å². The lowest BCUT2D eigenvalue weighted by atomic mass is 9.83. The van der Waals surface area contributed by atoms with E-state index in [9.17, 15) is 0 Å². The van der Waals surface area contributed by atoms with Gasteiger partial charge in [-0.2, -0.15) is 0 Å². The second-order valence-electron chi connectivity index (χ2n) is 4.01. The van der Waals surface area contributed by atoms with E-state index in [0.717, 1.165) is 18.4 Å². The first-order valence-electron chi connectivity index (χ1n) is 5.07. The molecule has 0 aliphatic heterocycles. The van der Waals surface area contributed by atoms with Crippen molar-refractivity contribution < 1.29 is 0 Å². The van der Waals surface area contributed by atoms with Gasteiger partial charge >= 0.3 is 0 Å². The van der Waals surface area contributed by atoms with Gasteiger partial charge in [0.2, 0.25) is 0 Å². The van der Waals surface area contributed by atoms with Crippen molar-refractivity contribution in [2.45, 2.75) is 32.2 Å². The minimum Gasteiger partial charge on any atom is -0.321 e. The number of rotatable bonds is 4. The first kappa shape index (κ1) is 11.0. The lowest BCUT2D eigenvalue weighted by Gasteiger charge is -2.29. The first-order valence-corrected chi connectivity index (χ1v) is 5.07. The summed E-state index contributed by atoms with van der Waals surface area (Å²) in [5.74, 6) is 0. The van der Waals surface area contributed by atoms with Crippen LogP contribution in [0.5, 0.6) is 0 Å². The Morgan fingerprint density at radius 3 is 2.36 bits per heavy atom. The maximum atomic E-state index is 6.36. The van der Waals surface area contributed by atoms with E-state index >= 15 is 0 Å². The summed E-state index contributed by atoms with van der Waals surface area (Å²) in [6.07, 6.45) is 1.79. The Bertz CT molecular complexity index is 302. The molecular weight excluding hydrogens is 170 g/mol. The van der Waals surface area contributed by atoms with Crippen LogP contribution in [0.25, 0.3) is 0 Å². The minimum absolute atomic E-state index is 0.243. The van der Waals surface area contributed by atoms with Gasteiger partial charge in [-0.1, -0.05) is 42.8 Å². The Morgan fingerprint density at radius 1 is 1.36 bits per heavy atom. The Kier molecular flexibility index (Phi) is 3.48. The molecule has 0 heterocycles. The van der Waals surface area contributed by atoms with Crippen molar-refractivity contribution in [3.05, 3.63) is 48.0 Å². The van der Waals surface area contributed by atoms with Crippen molar-refractivity contribution >= 4 is 0 Å². The van der Waals surface area contributed by atoms with Crippen LogP contribution in [0, 0.1) is 0 Å². The number of hydrogen-bond acceptors (Lipinski definition) is 1. The number of nitrogens with two attached hydrogens (primary N) is 1. The molecule has 1 nitrogen and oxygen atoms in total. The lowest BCUT2D eigenvalue weighted by molar-refractivity contribution is 0.424. The summed E-state index contributed by atoms with van der Waals surface area (Å²) in [5, 5.41) is 0. The molecule has 1 rings (SSSR count). The molecule has 1 atom stereocenters. The lowest BCUT2D eigenvalue weighted by Crippen LogP contribution is -2.36. The molecule has 0 spiro atoms. The Morgan fingerprint density at radius 2 is 1.93 bits per heavy atom. The zero-order chi connectivity index (χ0) is 10.6. The van der Waals surface area contributed by atoms with E-state index in [4.69, 9.17) is 5.73 Å². The highest BCUT2D eigenvalue weighted by molar-refractivity contribution is 5.25. The monoisotopic (exact) mass is 189 g/mol. The van der Waals surface area contributed by atoms with Crippen LogP contribution in [0.4, 0.5) is 0 Å². The smallest absolute Gasteiger partial charge is 0.0444 e. The molecule has 2 N–H and O–H groups in total. The summed E-state index contributed by atoms with van der Waals surface area (Å²) in [4.78, 5) is 0. The van der Waals surface area contributed by atoms with Crippen LogP contribution >= 0.6 is 0 Å². The van der Waals surface area contributed by atoms with Gasteiger partial charge in [-0.05, 0) is 25.3 Å². The summed E-state index contributed by atoms with van der Waals surface area (Å²) in [7, 11) is 0. The molecule has 0 amide bonds. The zero-order valence-corrected chi connectivity index (χ0v) is 9.09. The topological polar surface area (TPSA) is 26.0 Å². The molecule has 0 fully saturated rings. The van der Waals surface area contributed by atoms with Gasteiger partial charge < -0.3 is 5.73 Å². The normalized spacial score (nSPS) is 14.8. The van der Waals surface area contributed by atoms with Crippen LogP contribution in [-0.2, 0) is 5.54 Å². The molecule has 0 aliphatic rings. The third kappa shape index (κ3) is 2.46. The summed E-state index contributed by atoms with van der Waals surface area (Å²) in [5.41, 5.74) is 8.45. The molecule has 0 saturated carbocycles. The van der Waals surface area contributed by atoms with Crippen LogP contribution < -0.4 is 5.73 Å². The van der Waals surface area contributed by atoms with E-state index in [1.54, 1.807) is 0 Å². The van der Waals surface area contributed by atoms with Crippen molar-refractivity contribution in [3.8, 4) is 0 Å². The quantitative estimate of drug-likeness (QED) is 0.723. The molecule has 0 aromatic heterocycles. The summed E-state index contributed by atoms with van der Waals surface area (Å²) < 4.78 is 0. The van der Waals surface area contributed by atoms with Gasteiger partial charge in [0.05, 0.1) is 0 Å². The Balaban J connectivity index is 2.95. The van der Waals surface area contributed by atoms with E-state index < -0.39 is 0 Å². The molecular formula is C13H19N. The van der Waals surface area contributed by atoms with Gasteiger partial charge in [-0.15, -0.1) is 6.58 Å². The molecule has 0 aliphatic carbocycles. The summed E-state index contributed by atoms with van der Waals surface area (Å²) in [6, 6.07) is 10.3. The van der Waals surface area contributed by atoms with Crippen molar-refractivity contribution in [3.63, 3.8) is 0 Å². The van der Waals surface area contributed by atoms with Crippen molar-refractivity contribution in [2.24, 2.45) is 5.73 Å². The highest BCUT2D eigenvalue weighted by atomic mass is 14.7. The average Bonchev–Trinajstić information content (AvgIpc) is 2.18. The fraction of sp³-hybridized carbons (Fsp3) is 0.385. The average molecular weight is 189 g/mol. The third-order valence-corrected chi connectivity index (χ3v) is 2.60. The van der Waals surface area contributed by atoms with Gasteiger partial charge in [0.25, 0.3) is 0 Å². The summed E-state index contributed by atoms with van der Waals surface area (Å²) >= 11 is 0. The minimum atomic E-state index is -0.243. The summed E-state index contributed by atoms with van der Waals surface area (Å²) in [6.45, 7) is 8.08. The second kappa shape index (κ2) is 4.43. The van der Waals surface area contributed by atoms with Gasteiger partial charge in [-0.3, -0.25) is 0 Å². The Labute approximate surface area is 86.6 Å².